The Morgan fingerprint density at radius 1 is 1.53 bits per heavy atom. The van der Waals surface area contributed by atoms with Crippen molar-refractivity contribution in [1.82, 2.24) is 0 Å². The second kappa shape index (κ2) is 5.86. The minimum atomic E-state index is -0.989. The molecule has 1 fully saturated rings. The first kappa shape index (κ1) is 13.0. The van der Waals surface area contributed by atoms with Crippen molar-refractivity contribution in [3.8, 4) is 0 Å². The van der Waals surface area contributed by atoms with Crippen molar-refractivity contribution in [1.29, 1.82) is 0 Å². The highest BCUT2D eigenvalue weighted by molar-refractivity contribution is 7.99. The Morgan fingerprint density at radius 3 is 2.73 bits per heavy atom. The largest absolute Gasteiger partial charge is 0.394 e. The molecule has 0 amide bonds. The van der Waals surface area contributed by atoms with Crippen LogP contribution < -0.4 is 0 Å². The predicted molar refractivity (Wildman–Crippen MR) is 59.6 cm³/mol. The summed E-state index contributed by atoms with van der Waals surface area (Å²) in [7, 11) is 0. The van der Waals surface area contributed by atoms with Crippen molar-refractivity contribution < 1.29 is 20.1 Å². The smallest absolute Gasteiger partial charge is 0.110 e. The van der Waals surface area contributed by atoms with Gasteiger partial charge in [0.15, 0.2) is 0 Å². The van der Waals surface area contributed by atoms with Crippen LogP contribution in [-0.4, -0.2) is 51.4 Å². The first-order valence-electron chi connectivity index (χ1n) is 4.93. The first-order chi connectivity index (χ1) is 7.04. The van der Waals surface area contributed by atoms with Crippen LogP contribution in [0.5, 0.6) is 0 Å². The van der Waals surface area contributed by atoms with E-state index in [-0.39, 0.29) is 12.0 Å². The van der Waals surface area contributed by atoms with Gasteiger partial charge in [-0.25, -0.2) is 0 Å². The van der Waals surface area contributed by atoms with Crippen LogP contribution in [0.2, 0.25) is 0 Å². The van der Waals surface area contributed by atoms with Crippen LogP contribution in [0.4, 0.5) is 0 Å². The summed E-state index contributed by atoms with van der Waals surface area (Å²) in [6.07, 6.45) is -2.11. The van der Waals surface area contributed by atoms with Crippen molar-refractivity contribution in [3.05, 3.63) is 12.2 Å². The summed E-state index contributed by atoms with van der Waals surface area (Å²) >= 11 is 1.53. The average Bonchev–Trinajstić information content (AvgIpc) is 2.19. The number of thioether (sulfide) groups is 1. The minimum Gasteiger partial charge on any atom is -0.394 e. The van der Waals surface area contributed by atoms with Crippen LogP contribution in [0.25, 0.3) is 0 Å². The molecule has 0 aliphatic carbocycles. The Labute approximate surface area is 93.9 Å². The summed E-state index contributed by atoms with van der Waals surface area (Å²) < 4.78 is 5.43. The molecule has 0 aromatic carbocycles. The molecule has 4 nitrogen and oxygen atoms in total. The van der Waals surface area contributed by atoms with Gasteiger partial charge in [0.25, 0.3) is 0 Å². The predicted octanol–water partition coefficient (Wildman–Crippen LogP) is 0.125. The first-order valence-corrected chi connectivity index (χ1v) is 5.98. The summed E-state index contributed by atoms with van der Waals surface area (Å²) in [6, 6.07) is 0. The van der Waals surface area contributed by atoms with Gasteiger partial charge >= 0.3 is 0 Å². The highest BCUT2D eigenvalue weighted by Crippen LogP contribution is 2.28. The van der Waals surface area contributed by atoms with Gasteiger partial charge < -0.3 is 20.1 Å². The zero-order valence-electron chi connectivity index (χ0n) is 8.80. The molecule has 0 aromatic rings. The maximum absolute atomic E-state index is 9.54. The van der Waals surface area contributed by atoms with Gasteiger partial charge in [0.2, 0.25) is 0 Å². The summed E-state index contributed by atoms with van der Waals surface area (Å²) in [5.74, 6) is 0.756. The van der Waals surface area contributed by atoms with Crippen LogP contribution >= 0.6 is 11.8 Å². The Bertz CT molecular complexity index is 221. The van der Waals surface area contributed by atoms with Gasteiger partial charge in [-0.15, -0.1) is 11.8 Å². The Hall–Kier alpha value is -0.0700. The zero-order chi connectivity index (χ0) is 11.4. The highest BCUT2D eigenvalue weighted by atomic mass is 32.2. The molecule has 1 unspecified atom stereocenters. The standard InChI is InChI=1S/C10H18O4S/c1-6(2)5-15-9-3-7(12)10(13)8(4-11)14-9/h7-13H,1,3-5H2,2H3/t7-,8-,9?,10+/m1/s1. The van der Waals surface area contributed by atoms with E-state index in [9.17, 15) is 10.2 Å². The van der Waals surface area contributed by atoms with Crippen LogP contribution in [0.15, 0.2) is 12.2 Å². The molecule has 0 aromatic heterocycles. The van der Waals surface area contributed by atoms with Crippen LogP contribution in [0, 0.1) is 0 Å². The SMILES string of the molecule is C=C(C)CSC1C[C@@H](O)[C@H](O)[C@@H](CO)O1. The molecule has 88 valence electrons. The molecular formula is C10H18O4S. The van der Waals surface area contributed by atoms with Gasteiger partial charge in [-0.1, -0.05) is 12.2 Å². The number of hydrogen-bond donors (Lipinski definition) is 3. The summed E-state index contributed by atoms with van der Waals surface area (Å²) in [6.45, 7) is 5.42. The average molecular weight is 234 g/mol. The number of rotatable bonds is 4. The van der Waals surface area contributed by atoms with E-state index in [1.807, 2.05) is 6.92 Å². The Morgan fingerprint density at radius 2 is 2.20 bits per heavy atom. The van der Waals surface area contributed by atoms with Gasteiger partial charge in [0.05, 0.1) is 12.7 Å². The van der Waals surface area contributed by atoms with E-state index in [2.05, 4.69) is 6.58 Å². The molecule has 15 heavy (non-hydrogen) atoms. The number of ether oxygens (including phenoxy) is 1. The summed E-state index contributed by atoms with van der Waals surface area (Å²) in [4.78, 5) is 0. The second-order valence-electron chi connectivity index (χ2n) is 3.85. The van der Waals surface area contributed by atoms with E-state index in [0.717, 1.165) is 11.3 Å². The van der Waals surface area contributed by atoms with Crippen LogP contribution in [0.3, 0.4) is 0 Å². The van der Waals surface area contributed by atoms with E-state index >= 15 is 0 Å². The second-order valence-corrected chi connectivity index (χ2v) is 5.00. The third-order valence-electron chi connectivity index (χ3n) is 2.23. The molecule has 0 spiro atoms. The van der Waals surface area contributed by atoms with Gasteiger partial charge in [0, 0.05) is 12.2 Å². The quantitative estimate of drug-likeness (QED) is 0.603. The van der Waals surface area contributed by atoms with Crippen molar-refractivity contribution in [2.45, 2.75) is 37.1 Å². The minimum absolute atomic E-state index is 0.183. The normalized spacial score (nSPS) is 36.5. The molecule has 0 bridgehead atoms. The maximum Gasteiger partial charge on any atom is 0.110 e. The number of aliphatic hydroxyl groups is 3. The van der Waals surface area contributed by atoms with Gasteiger partial charge in [-0.3, -0.25) is 0 Å². The highest BCUT2D eigenvalue weighted by Gasteiger charge is 2.36. The molecule has 5 heteroatoms. The third-order valence-corrected chi connectivity index (χ3v) is 3.57. The molecule has 1 aliphatic heterocycles. The monoisotopic (exact) mass is 234 g/mol. The Kier molecular flexibility index (Phi) is 5.08. The van der Waals surface area contributed by atoms with E-state index in [1.54, 1.807) is 0 Å². The van der Waals surface area contributed by atoms with Gasteiger partial charge in [-0.2, -0.15) is 0 Å². The molecule has 1 saturated heterocycles. The fourth-order valence-electron chi connectivity index (χ4n) is 1.41. The Balaban J connectivity index is 2.44. The van der Waals surface area contributed by atoms with E-state index in [0.29, 0.717) is 6.42 Å². The number of aliphatic hydroxyl groups excluding tert-OH is 3. The summed E-state index contributed by atoms with van der Waals surface area (Å²) in [5.41, 5.74) is 0.849. The molecule has 0 saturated carbocycles. The topological polar surface area (TPSA) is 69.9 Å². The lowest BCUT2D eigenvalue weighted by Crippen LogP contribution is -2.49. The van der Waals surface area contributed by atoms with E-state index < -0.39 is 18.3 Å². The van der Waals surface area contributed by atoms with Crippen molar-refractivity contribution in [2.24, 2.45) is 0 Å². The lowest BCUT2D eigenvalue weighted by molar-refractivity contribution is -0.157. The third kappa shape index (κ3) is 3.77. The molecule has 3 N–H and O–H groups in total. The molecule has 1 heterocycles. The molecule has 4 atom stereocenters. The number of hydrogen-bond acceptors (Lipinski definition) is 5. The fourth-order valence-corrected chi connectivity index (χ4v) is 2.43. The molecule has 0 radical (unpaired) electrons. The van der Waals surface area contributed by atoms with Crippen LogP contribution in [-0.2, 0) is 4.74 Å². The van der Waals surface area contributed by atoms with Gasteiger partial charge in [-0.05, 0) is 6.92 Å². The fraction of sp³-hybridized carbons (Fsp3) is 0.800. The maximum atomic E-state index is 9.54. The van der Waals surface area contributed by atoms with E-state index in [1.165, 1.54) is 11.8 Å². The lowest BCUT2D eigenvalue weighted by atomic mass is 10.0. The lowest BCUT2D eigenvalue weighted by Gasteiger charge is -2.36. The van der Waals surface area contributed by atoms with Crippen molar-refractivity contribution in [2.75, 3.05) is 12.4 Å². The van der Waals surface area contributed by atoms with Gasteiger partial charge in [0.1, 0.15) is 17.6 Å². The van der Waals surface area contributed by atoms with E-state index in [4.69, 9.17) is 9.84 Å². The van der Waals surface area contributed by atoms with Crippen molar-refractivity contribution in [3.63, 3.8) is 0 Å². The molecular weight excluding hydrogens is 216 g/mol. The molecule has 1 rings (SSSR count). The molecule has 1 aliphatic rings. The van der Waals surface area contributed by atoms with Crippen molar-refractivity contribution >= 4 is 11.8 Å². The summed E-state index contributed by atoms with van der Waals surface area (Å²) in [5, 5.41) is 28.0. The van der Waals surface area contributed by atoms with Crippen LogP contribution in [0.1, 0.15) is 13.3 Å². The zero-order valence-corrected chi connectivity index (χ0v) is 9.61.